The van der Waals surface area contributed by atoms with E-state index in [1.165, 1.54) is 24.9 Å². The van der Waals surface area contributed by atoms with E-state index in [2.05, 4.69) is 38.3 Å². The van der Waals surface area contributed by atoms with Gasteiger partial charge in [0.2, 0.25) is 15.9 Å². The van der Waals surface area contributed by atoms with Gasteiger partial charge in [-0.25, -0.2) is 8.42 Å². The van der Waals surface area contributed by atoms with Gasteiger partial charge in [0.25, 0.3) is 0 Å². The van der Waals surface area contributed by atoms with E-state index in [4.69, 9.17) is 0 Å². The number of piperidine rings is 1. The zero-order valence-electron chi connectivity index (χ0n) is 17.3. The Kier molecular flexibility index (Phi) is 7.41. The van der Waals surface area contributed by atoms with E-state index in [1.54, 1.807) is 24.3 Å². The van der Waals surface area contributed by atoms with Crippen molar-refractivity contribution in [2.24, 2.45) is 0 Å². The Hall–Kier alpha value is -2.06. The lowest BCUT2D eigenvalue weighted by molar-refractivity contribution is -0.120. The van der Waals surface area contributed by atoms with E-state index in [0.29, 0.717) is 5.69 Å². The number of carbonyl (C=O) groups excluding carboxylic acids is 1. The number of halogens is 1. The average Bonchev–Trinajstić information content (AvgIpc) is 2.72. The third-order valence-electron chi connectivity index (χ3n) is 5.28. The van der Waals surface area contributed by atoms with Crippen LogP contribution >= 0.6 is 15.9 Å². The highest BCUT2D eigenvalue weighted by Gasteiger charge is 2.22. The summed E-state index contributed by atoms with van der Waals surface area (Å²) in [4.78, 5) is 15.0. The molecule has 1 heterocycles. The smallest absolute Gasteiger partial charge is 0.241 e. The Labute approximate surface area is 187 Å². The van der Waals surface area contributed by atoms with Gasteiger partial charge >= 0.3 is 0 Å². The molecule has 1 amide bonds. The van der Waals surface area contributed by atoms with Crippen molar-refractivity contribution < 1.29 is 13.2 Å². The maximum atomic E-state index is 12.6. The molecule has 2 aromatic rings. The number of rotatable bonds is 7. The Bertz CT molecular complexity index is 973. The number of hydrogen-bond acceptors (Lipinski definition) is 4. The molecule has 0 bridgehead atoms. The number of amides is 1. The van der Waals surface area contributed by atoms with Crippen LogP contribution in [0.4, 0.5) is 11.4 Å². The largest absolute Gasteiger partial charge is 0.372 e. The third kappa shape index (κ3) is 5.98. The van der Waals surface area contributed by atoms with Crippen molar-refractivity contribution in [1.29, 1.82) is 0 Å². The predicted octanol–water partition coefficient (Wildman–Crippen LogP) is 4.08. The molecular weight excluding hydrogens is 466 g/mol. The summed E-state index contributed by atoms with van der Waals surface area (Å²) < 4.78 is 26.4. The molecule has 1 aliphatic rings. The summed E-state index contributed by atoms with van der Waals surface area (Å²) in [7, 11) is -3.60. The molecule has 0 saturated carbocycles. The van der Waals surface area contributed by atoms with Crippen LogP contribution in [0.5, 0.6) is 0 Å². The van der Waals surface area contributed by atoms with Crippen LogP contribution < -0.4 is 14.5 Å². The second kappa shape index (κ2) is 9.83. The highest BCUT2D eigenvalue weighted by molar-refractivity contribution is 9.10. The number of nitrogens with one attached hydrogen (secondary N) is 1. The molecule has 1 saturated heterocycles. The molecule has 1 fully saturated rings. The maximum absolute atomic E-state index is 12.6. The van der Waals surface area contributed by atoms with Crippen molar-refractivity contribution in [3.63, 3.8) is 0 Å². The van der Waals surface area contributed by atoms with Crippen molar-refractivity contribution in [2.75, 3.05) is 35.1 Å². The molecule has 0 radical (unpaired) electrons. The summed E-state index contributed by atoms with van der Waals surface area (Å²) in [5.74, 6) is -0.354. The van der Waals surface area contributed by atoms with Gasteiger partial charge in [-0.3, -0.25) is 9.10 Å². The van der Waals surface area contributed by atoms with Crippen LogP contribution in [0.3, 0.4) is 0 Å². The second-order valence-corrected chi connectivity index (χ2v) is 10.5. The minimum Gasteiger partial charge on any atom is -0.372 e. The number of benzene rings is 2. The van der Waals surface area contributed by atoms with Crippen LogP contribution in [0, 0.1) is 0 Å². The summed E-state index contributed by atoms with van der Waals surface area (Å²) in [5.41, 5.74) is 2.63. The predicted molar refractivity (Wildman–Crippen MR) is 125 cm³/mol. The first-order chi connectivity index (χ1) is 14.2. The Morgan fingerprint density at radius 2 is 1.80 bits per heavy atom. The van der Waals surface area contributed by atoms with Crippen LogP contribution in [0.15, 0.2) is 53.0 Å². The normalized spacial score (nSPS) is 15.5. The zero-order chi connectivity index (χ0) is 21.7. The summed E-state index contributed by atoms with van der Waals surface area (Å²) in [5, 5.41) is 2.91. The SMILES string of the molecule is CC(NC(=O)CN(c1cccc(Br)c1)S(C)(=O)=O)c1ccc(N2CCCCC2)cc1. The van der Waals surface area contributed by atoms with Crippen LogP contribution in [-0.4, -0.2) is 40.2 Å². The van der Waals surface area contributed by atoms with Gasteiger partial charge in [0.15, 0.2) is 0 Å². The quantitative estimate of drug-likeness (QED) is 0.630. The molecule has 8 heteroatoms. The zero-order valence-corrected chi connectivity index (χ0v) is 19.7. The minimum absolute atomic E-state index is 0.225. The number of hydrogen-bond donors (Lipinski definition) is 1. The summed E-state index contributed by atoms with van der Waals surface area (Å²) in [6, 6.07) is 14.9. The van der Waals surface area contributed by atoms with Crippen LogP contribution in [-0.2, 0) is 14.8 Å². The van der Waals surface area contributed by atoms with Gasteiger partial charge in [-0.15, -0.1) is 0 Å². The Morgan fingerprint density at radius 1 is 1.13 bits per heavy atom. The molecule has 1 atom stereocenters. The van der Waals surface area contributed by atoms with E-state index in [-0.39, 0.29) is 18.5 Å². The van der Waals surface area contributed by atoms with Gasteiger partial charge in [0, 0.05) is 23.2 Å². The number of sulfonamides is 1. The first-order valence-corrected chi connectivity index (χ1v) is 12.8. The van der Waals surface area contributed by atoms with Crippen molar-refractivity contribution in [2.45, 2.75) is 32.2 Å². The van der Waals surface area contributed by atoms with Crippen LogP contribution in [0.25, 0.3) is 0 Å². The molecule has 3 rings (SSSR count). The summed E-state index contributed by atoms with van der Waals surface area (Å²) >= 11 is 3.34. The average molecular weight is 494 g/mol. The molecule has 1 unspecified atom stereocenters. The fourth-order valence-electron chi connectivity index (χ4n) is 3.66. The van der Waals surface area contributed by atoms with E-state index in [1.807, 2.05) is 19.1 Å². The molecule has 1 N–H and O–H groups in total. The van der Waals surface area contributed by atoms with Gasteiger partial charge in [0.1, 0.15) is 6.54 Å². The second-order valence-electron chi connectivity index (χ2n) is 7.68. The molecule has 162 valence electrons. The van der Waals surface area contributed by atoms with Crippen molar-refractivity contribution in [3.05, 3.63) is 58.6 Å². The van der Waals surface area contributed by atoms with Gasteiger partial charge in [0.05, 0.1) is 18.0 Å². The Morgan fingerprint density at radius 3 is 2.40 bits per heavy atom. The monoisotopic (exact) mass is 493 g/mol. The van der Waals surface area contributed by atoms with E-state index in [9.17, 15) is 13.2 Å². The van der Waals surface area contributed by atoms with E-state index >= 15 is 0 Å². The molecular formula is C22H28BrN3O3S. The lowest BCUT2D eigenvalue weighted by atomic mass is 10.1. The van der Waals surface area contributed by atoms with Crippen molar-refractivity contribution in [1.82, 2.24) is 5.32 Å². The van der Waals surface area contributed by atoms with E-state index in [0.717, 1.165) is 33.7 Å². The fourth-order valence-corrected chi connectivity index (χ4v) is 4.89. The Balaban J connectivity index is 1.65. The highest BCUT2D eigenvalue weighted by atomic mass is 79.9. The molecule has 30 heavy (non-hydrogen) atoms. The number of carbonyl (C=O) groups is 1. The first-order valence-electron chi connectivity index (χ1n) is 10.1. The lowest BCUT2D eigenvalue weighted by Gasteiger charge is -2.29. The minimum atomic E-state index is -3.60. The summed E-state index contributed by atoms with van der Waals surface area (Å²) in [6.45, 7) is 3.80. The molecule has 0 aromatic heterocycles. The first kappa shape index (κ1) is 22.6. The van der Waals surface area contributed by atoms with Gasteiger partial charge in [-0.2, -0.15) is 0 Å². The van der Waals surface area contributed by atoms with Crippen molar-refractivity contribution >= 4 is 43.2 Å². The highest BCUT2D eigenvalue weighted by Crippen LogP contribution is 2.24. The fraction of sp³-hybridized carbons (Fsp3) is 0.409. The van der Waals surface area contributed by atoms with Crippen LogP contribution in [0.1, 0.15) is 37.8 Å². The summed E-state index contributed by atoms with van der Waals surface area (Å²) in [6.07, 6.45) is 4.85. The molecule has 1 aliphatic heterocycles. The molecule has 0 aliphatic carbocycles. The standard InChI is InChI=1S/C22H28BrN3O3S/c1-17(18-9-11-20(12-10-18)25-13-4-3-5-14-25)24-22(27)16-26(30(2,28)29)21-8-6-7-19(23)15-21/h6-12,15,17H,3-5,13-14,16H2,1-2H3,(H,24,27). The number of anilines is 2. The van der Waals surface area contributed by atoms with Gasteiger partial charge < -0.3 is 10.2 Å². The van der Waals surface area contributed by atoms with Crippen molar-refractivity contribution in [3.8, 4) is 0 Å². The van der Waals surface area contributed by atoms with E-state index < -0.39 is 10.0 Å². The van der Waals surface area contributed by atoms with Gasteiger partial charge in [-0.1, -0.05) is 34.1 Å². The number of nitrogens with zero attached hydrogens (tertiary/aromatic N) is 2. The third-order valence-corrected chi connectivity index (χ3v) is 6.91. The molecule has 0 spiro atoms. The molecule has 6 nitrogen and oxygen atoms in total. The maximum Gasteiger partial charge on any atom is 0.241 e. The molecule has 2 aromatic carbocycles. The lowest BCUT2D eigenvalue weighted by Crippen LogP contribution is -2.41. The van der Waals surface area contributed by atoms with Gasteiger partial charge in [-0.05, 0) is 62.1 Å². The topological polar surface area (TPSA) is 69.7 Å². The van der Waals surface area contributed by atoms with Crippen LogP contribution in [0.2, 0.25) is 0 Å².